The zero-order valence-electron chi connectivity index (χ0n) is 10.3. The van der Waals surface area contributed by atoms with Gasteiger partial charge in [-0.2, -0.15) is 0 Å². The van der Waals surface area contributed by atoms with Gasteiger partial charge in [-0.05, 0) is 37.2 Å². The molecule has 0 amide bonds. The van der Waals surface area contributed by atoms with Gasteiger partial charge in [-0.1, -0.05) is 0 Å². The molecular formula is C13H21N3O. The van der Waals surface area contributed by atoms with Crippen molar-refractivity contribution in [2.75, 3.05) is 39.3 Å². The highest BCUT2D eigenvalue weighted by atomic mass is 16.3. The Kier molecular flexibility index (Phi) is 4.91. The highest BCUT2D eigenvalue weighted by Gasteiger charge is 2.14. The molecular weight excluding hydrogens is 214 g/mol. The van der Waals surface area contributed by atoms with Gasteiger partial charge in [-0.15, -0.1) is 0 Å². The molecule has 1 aromatic heterocycles. The minimum Gasteiger partial charge on any atom is -0.395 e. The monoisotopic (exact) mass is 235 g/mol. The molecule has 1 N–H and O–H groups in total. The molecule has 0 spiro atoms. The van der Waals surface area contributed by atoms with E-state index in [9.17, 15) is 0 Å². The number of nitrogens with zero attached hydrogens (tertiary/aromatic N) is 3. The van der Waals surface area contributed by atoms with Crippen LogP contribution in [0.5, 0.6) is 0 Å². The second-order valence-corrected chi connectivity index (χ2v) is 4.55. The topological polar surface area (TPSA) is 39.6 Å². The number of aliphatic hydroxyl groups is 1. The Labute approximate surface area is 103 Å². The molecule has 0 atom stereocenters. The molecule has 1 aliphatic rings. The van der Waals surface area contributed by atoms with E-state index in [0.717, 1.165) is 39.3 Å². The average Bonchev–Trinajstić information content (AvgIpc) is 2.57. The zero-order valence-corrected chi connectivity index (χ0v) is 10.3. The Bertz CT molecular complexity index is 318. The summed E-state index contributed by atoms with van der Waals surface area (Å²) in [6, 6.07) is 4.16. The van der Waals surface area contributed by atoms with Crippen molar-refractivity contribution >= 4 is 0 Å². The number of hydrogen-bond donors (Lipinski definition) is 1. The highest BCUT2D eigenvalue weighted by molar-refractivity contribution is 5.09. The summed E-state index contributed by atoms with van der Waals surface area (Å²) in [5.74, 6) is 0. The minimum absolute atomic E-state index is 0.268. The van der Waals surface area contributed by atoms with Gasteiger partial charge in [0, 0.05) is 38.6 Å². The molecule has 0 radical (unpaired) electrons. The summed E-state index contributed by atoms with van der Waals surface area (Å²) in [5.41, 5.74) is 1.33. The molecule has 0 aromatic carbocycles. The van der Waals surface area contributed by atoms with Crippen LogP contribution in [-0.4, -0.2) is 59.2 Å². The van der Waals surface area contributed by atoms with Crippen LogP contribution in [0.2, 0.25) is 0 Å². The van der Waals surface area contributed by atoms with Crippen LogP contribution in [0.15, 0.2) is 24.5 Å². The minimum atomic E-state index is 0.268. The van der Waals surface area contributed by atoms with Gasteiger partial charge in [0.2, 0.25) is 0 Å². The summed E-state index contributed by atoms with van der Waals surface area (Å²) in [6.07, 6.45) is 4.89. The Balaban J connectivity index is 1.83. The summed E-state index contributed by atoms with van der Waals surface area (Å²) in [5, 5.41) is 8.95. The van der Waals surface area contributed by atoms with Gasteiger partial charge < -0.3 is 5.11 Å². The van der Waals surface area contributed by atoms with Gasteiger partial charge in [-0.3, -0.25) is 14.8 Å². The van der Waals surface area contributed by atoms with Crippen molar-refractivity contribution in [3.63, 3.8) is 0 Å². The normalized spacial score (nSPS) is 19.1. The molecule has 1 aromatic rings. The van der Waals surface area contributed by atoms with E-state index in [2.05, 4.69) is 26.9 Å². The first-order valence-electron chi connectivity index (χ1n) is 6.33. The summed E-state index contributed by atoms with van der Waals surface area (Å²) < 4.78 is 0. The summed E-state index contributed by atoms with van der Waals surface area (Å²) in [4.78, 5) is 8.86. The van der Waals surface area contributed by atoms with Gasteiger partial charge in [0.25, 0.3) is 0 Å². The predicted molar refractivity (Wildman–Crippen MR) is 67.7 cm³/mol. The van der Waals surface area contributed by atoms with Crippen molar-refractivity contribution in [1.82, 2.24) is 14.8 Å². The third kappa shape index (κ3) is 4.07. The van der Waals surface area contributed by atoms with Crippen LogP contribution < -0.4 is 0 Å². The first-order valence-corrected chi connectivity index (χ1v) is 6.33. The van der Waals surface area contributed by atoms with Gasteiger partial charge in [0.15, 0.2) is 0 Å². The Morgan fingerprint density at radius 3 is 2.53 bits per heavy atom. The Morgan fingerprint density at radius 1 is 1.06 bits per heavy atom. The van der Waals surface area contributed by atoms with E-state index in [0.29, 0.717) is 0 Å². The van der Waals surface area contributed by atoms with E-state index in [1.54, 1.807) is 0 Å². The second-order valence-electron chi connectivity index (χ2n) is 4.55. The first kappa shape index (κ1) is 12.5. The summed E-state index contributed by atoms with van der Waals surface area (Å²) in [6.45, 7) is 6.48. The van der Waals surface area contributed by atoms with Crippen molar-refractivity contribution in [3.8, 4) is 0 Å². The van der Waals surface area contributed by atoms with Crippen LogP contribution >= 0.6 is 0 Å². The van der Waals surface area contributed by atoms with E-state index in [-0.39, 0.29) is 6.61 Å². The lowest BCUT2D eigenvalue weighted by molar-refractivity contribution is 0.196. The summed E-state index contributed by atoms with van der Waals surface area (Å²) in [7, 11) is 0. The maximum atomic E-state index is 8.95. The number of aliphatic hydroxyl groups excluding tert-OH is 1. The molecule has 0 saturated carbocycles. The molecule has 0 bridgehead atoms. The molecule has 1 saturated heterocycles. The van der Waals surface area contributed by atoms with E-state index >= 15 is 0 Å². The van der Waals surface area contributed by atoms with Gasteiger partial charge in [0.1, 0.15) is 0 Å². The maximum Gasteiger partial charge on any atom is 0.0558 e. The maximum absolute atomic E-state index is 8.95. The Morgan fingerprint density at radius 2 is 1.76 bits per heavy atom. The van der Waals surface area contributed by atoms with Crippen molar-refractivity contribution in [2.24, 2.45) is 0 Å². The van der Waals surface area contributed by atoms with E-state index in [4.69, 9.17) is 5.11 Å². The second kappa shape index (κ2) is 6.69. The van der Waals surface area contributed by atoms with Crippen LogP contribution in [0.4, 0.5) is 0 Å². The lowest BCUT2D eigenvalue weighted by Crippen LogP contribution is -2.32. The summed E-state index contributed by atoms with van der Waals surface area (Å²) >= 11 is 0. The standard InChI is InChI=1S/C13H21N3O/c17-11-10-15-6-1-7-16(9-8-15)12-13-2-4-14-5-3-13/h2-5,17H,1,6-12H2. The number of β-amino-alcohol motifs (C(OH)–C–C–N with tert-alkyl or cyclic N) is 1. The molecule has 1 fully saturated rings. The molecule has 1 aliphatic heterocycles. The van der Waals surface area contributed by atoms with Crippen LogP contribution in [0.1, 0.15) is 12.0 Å². The SMILES string of the molecule is OCCN1CCCN(Cc2ccncc2)CC1. The fourth-order valence-electron chi connectivity index (χ4n) is 2.29. The van der Waals surface area contributed by atoms with E-state index in [1.165, 1.54) is 12.0 Å². The fraction of sp³-hybridized carbons (Fsp3) is 0.615. The van der Waals surface area contributed by atoms with Crippen molar-refractivity contribution < 1.29 is 5.11 Å². The van der Waals surface area contributed by atoms with Crippen molar-refractivity contribution in [1.29, 1.82) is 0 Å². The molecule has 0 aliphatic carbocycles. The largest absolute Gasteiger partial charge is 0.395 e. The molecule has 0 unspecified atom stereocenters. The number of rotatable bonds is 4. The molecule has 2 heterocycles. The smallest absolute Gasteiger partial charge is 0.0558 e. The van der Waals surface area contributed by atoms with Crippen LogP contribution in [0, 0.1) is 0 Å². The first-order chi connectivity index (χ1) is 8.38. The zero-order chi connectivity index (χ0) is 11.9. The predicted octanol–water partition coefficient (Wildman–Crippen LogP) is 0.582. The Hall–Kier alpha value is -0.970. The van der Waals surface area contributed by atoms with Crippen LogP contribution in [0.25, 0.3) is 0 Å². The van der Waals surface area contributed by atoms with Gasteiger partial charge in [0.05, 0.1) is 6.61 Å². The molecule has 4 nitrogen and oxygen atoms in total. The van der Waals surface area contributed by atoms with Gasteiger partial charge in [-0.25, -0.2) is 0 Å². The number of pyridine rings is 1. The molecule has 94 valence electrons. The average molecular weight is 235 g/mol. The van der Waals surface area contributed by atoms with E-state index in [1.807, 2.05) is 12.4 Å². The van der Waals surface area contributed by atoms with E-state index < -0.39 is 0 Å². The van der Waals surface area contributed by atoms with Crippen LogP contribution in [0.3, 0.4) is 0 Å². The van der Waals surface area contributed by atoms with Crippen molar-refractivity contribution in [2.45, 2.75) is 13.0 Å². The fourth-order valence-corrected chi connectivity index (χ4v) is 2.29. The third-order valence-corrected chi connectivity index (χ3v) is 3.25. The number of hydrogen-bond acceptors (Lipinski definition) is 4. The van der Waals surface area contributed by atoms with Crippen LogP contribution in [-0.2, 0) is 6.54 Å². The highest BCUT2D eigenvalue weighted by Crippen LogP contribution is 2.07. The third-order valence-electron chi connectivity index (χ3n) is 3.25. The van der Waals surface area contributed by atoms with Crippen molar-refractivity contribution in [3.05, 3.63) is 30.1 Å². The molecule has 2 rings (SSSR count). The lowest BCUT2D eigenvalue weighted by atomic mass is 10.2. The molecule has 4 heteroatoms. The quantitative estimate of drug-likeness (QED) is 0.829. The molecule has 17 heavy (non-hydrogen) atoms. The lowest BCUT2D eigenvalue weighted by Gasteiger charge is -2.21. The number of aromatic nitrogens is 1. The van der Waals surface area contributed by atoms with Gasteiger partial charge >= 0.3 is 0 Å².